The van der Waals surface area contributed by atoms with Crippen LogP contribution in [0.5, 0.6) is 0 Å². The summed E-state index contributed by atoms with van der Waals surface area (Å²) in [5, 5.41) is 0. The Balaban J connectivity index is 2.92. The predicted octanol–water partition coefficient (Wildman–Crippen LogP) is 11.6. The van der Waals surface area contributed by atoms with Crippen LogP contribution in [0, 0.1) is 0 Å². The van der Waals surface area contributed by atoms with Gasteiger partial charge in [-0.25, -0.2) is 0 Å². The molecule has 1 atom stereocenters. The monoisotopic (exact) mass is 536 g/mol. The average Bonchev–Trinajstić information content (AvgIpc) is 2.78. The molecular formula is C37H61P. The highest BCUT2D eigenvalue weighted by atomic mass is 31.1. The normalized spacial score (nSPS) is 14.4. The Hall–Kier alpha value is -1.26. The quantitative estimate of drug-likeness (QED) is 0.232. The second-order valence-electron chi connectivity index (χ2n) is 15.8. The van der Waals surface area contributed by atoms with Gasteiger partial charge in [0.15, 0.2) is 0 Å². The molecule has 0 N–H and O–H groups in total. The van der Waals surface area contributed by atoms with Gasteiger partial charge in [0.25, 0.3) is 0 Å². The predicted molar refractivity (Wildman–Crippen MR) is 179 cm³/mol. The zero-order valence-corrected chi connectivity index (χ0v) is 28.7. The third kappa shape index (κ3) is 8.88. The Morgan fingerprint density at radius 3 is 1.16 bits per heavy atom. The van der Waals surface area contributed by atoms with Crippen LogP contribution in [0.1, 0.15) is 162 Å². The van der Waals surface area contributed by atoms with Crippen LogP contribution in [-0.4, -0.2) is 12.0 Å². The van der Waals surface area contributed by atoms with E-state index in [2.05, 4.69) is 139 Å². The Morgan fingerprint density at radius 1 is 0.553 bits per heavy atom. The Labute approximate surface area is 238 Å². The summed E-state index contributed by atoms with van der Waals surface area (Å²) in [6.07, 6.45) is 6.70. The maximum atomic E-state index is 2.61. The van der Waals surface area contributed by atoms with Crippen molar-refractivity contribution >= 4 is 13.3 Å². The molecule has 0 nitrogen and oxygen atoms in total. The first-order valence-electron chi connectivity index (χ1n) is 15.3. The van der Waals surface area contributed by atoms with Crippen LogP contribution in [0.2, 0.25) is 0 Å². The van der Waals surface area contributed by atoms with Gasteiger partial charge in [0.2, 0.25) is 0 Å². The van der Waals surface area contributed by atoms with Crippen LogP contribution < -0.4 is 0 Å². The van der Waals surface area contributed by atoms with Crippen LogP contribution in [0.3, 0.4) is 0 Å². The van der Waals surface area contributed by atoms with Crippen molar-refractivity contribution in [2.45, 2.75) is 150 Å². The van der Waals surface area contributed by atoms with Crippen LogP contribution in [-0.2, 0) is 21.7 Å². The molecular weight excluding hydrogens is 475 g/mol. The van der Waals surface area contributed by atoms with Crippen molar-refractivity contribution in [3.05, 3.63) is 69.8 Å². The van der Waals surface area contributed by atoms with E-state index in [9.17, 15) is 0 Å². The lowest BCUT2D eigenvalue weighted by atomic mass is 9.77. The van der Waals surface area contributed by atoms with E-state index >= 15 is 0 Å². The zero-order valence-electron chi connectivity index (χ0n) is 27.7. The van der Waals surface area contributed by atoms with Gasteiger partial charge in [-0.1, -0.05) is 151 Å². The van der Waals surface area contributed by atoms with E-state index in [4.69, 9.17) is 0 Å². The van der Waals surface area contributed by atoms with Crippen molar-refractivity contribution in [1.82, 2.24) is 0 Å². The third-order valence-electron chi connectivity index (χ3n) is 8.10. The summed E-state index contributed by atoms with van der Waals surface area (Å²) in [7, 11) is -0.778. The molecule has 0 bridgehead atoms. The fourth-order valence-electron chi connectivity index (χ4n) is 5.20. The van der Waals surface area contributed by atoms with Gasteiger partial charge < -0.3 is 0 Å². The van der Waals surface area contributed by atoms with Gasteiger partial charge in [0.1, 0.15) is 0 Å². The molecule has 0 fully saturated rings. The molecule has 1 heteroatoms. The highest BCUT2D eigenvalue weighted by Crippen LogP contribution is 2.50. The fraction of sp³-hybridized carbons (Fsp3) is 0.649. The van der Waals surface area contributed by atoms with E-state index in [0.29, 0.717) is 5.66 Å². The number of unbranched alkanes of at least 4 members (excludes halogenated alkanes) is 3. The van der Waals surface area contributed by atoms with Crippen molar-refractivity contribution in [3.8, 4) is 0 Å². The number of benzene rings is 2. The Bertz CT molecular complexity index is 947. The molecule has 0 aliphatic carbocycles. The van der Waals surface area contributed by atoms with Gasteiger partial charge in [-0.3, -0.25) is 0 Å². The van der Waals surface area contributed by atoms with Gasteiger partial charge in [-0.2, -0.15) is 0 Å². The maximum absolute atomic E-state index is 2.61. The number of hydrogen-bond donors (Lipinski definition) is 0. The first-order chi connectivity index (χ1) is 17.3. The summed E-state index contributed by atoms with van der Waals surface area (Å²) in [5.74, 6) is 2.61. The molecule has 0 spiro atoms. The van der Waals surface area contributed by atoms with Crippen molar-refractivity contribution in [2.75, 3.05) is 6.16 Å². The summed E-state index contributed by atoms with van der Waals surface area (Å²) >= 11 is 0. The molecule has 2 rings (SSSR count). The second-order valence-corrected chi connectivity index (χ2v) is 18.6. The lowest BCUT2D eigenvalue weighted by Crippen LogP contribution is -2.19. The van der Waals surface area contributed by atoms with Crippen LogP contribution in [0.15, 0.2) is 36.4 Å². The Kier molecular flexibility index (Phi) is 10.8. The second kappa shape index (κ2) is 12.5. The van der Waals surface area contributed by atoms with Crippen molar-refractivity contribution in [1.29, 1.82) is 0 Å². The molecule has 0 aliphatic heterocycles. The van der Waals surface area contributed by atoms with Crippen molar-refractivity contribution in [2.24, 2.45) is 0 Å². The number of rotatable bonds is 8. The van der Waals surface area contributed by atoms with E-state index in [1.54, 1.807) is 0 Å². The maximum Gasteiger partial charge on any atom is 0.0260 e. The molecule has 38 heavy (non-hydrogen) atoms. The standard InChI is InChI=1S/C37H61P/c1-15-17-18-19-20-38(16-2)33(27-21-29(34(3,4)5)25-30(22-27)35(6,7)8)28-23-31(36(9,10)11)26-32(24-28)37(12,13)14/h16,21-26,33,38H,15,17-20H2,1-14H3. The van der Waals surface area contributed by atoms with E-state index in [-0.39, 0.29) is 21.7 Å². The van der Waals surface area contributed by atoms with E-state index in [1.807, 2.05) is 0 Å². The van der Waals surface area contributed by atoms with Crippen LogP contribution >= 0.6 is 7.55 Å². The van der Waals surface area contributed by atoms with E-state index < -0.39 is 7.55 Å². The lowest BCUT2D eigenvalue weighted by Gasteiger charge is -2.32. The van der Waals surface area contributed by atoms with Crippen molar-refractivity contribution in [3.63, 3.8) is 0 Å². The highest BCUT2D eigenvalue weighted by Gasteiger charge is 2.28. The molecule has 0 radical (unpaired) electrons. The Morgan fingerprint density at radius 2 is 0.895 bits per heavy atom. The lowest BCUT2D eigenvalue weighted by molar-refractivity contribution is 0.565. The fourth-order valence-corrected chi connectivity index (χ4v) is 7.96. The number of hydrogen-bond acceptors (Lipinski definition) is 0. The molecule has 0 saturated carbocycles. The smallest absolute Gasteiger partial charge is 0.0260 e. The highest BCUT2D eigenvalue weighted by molar-refractivity contribution is 7.57. The minimum atomic E-state index is -0.778. The summed E-state index contributed by atoms with van der Waals surface area (Å²) in [4.78, 5) is 0. The molecule has 0 saturated heterocycles. The van der Waals surface area contributed by atoms with Gasteiger partial charge in [-0.15, -0.1) is 7.55 Å². The third-order valence-corrected chi connectivity index (χ3v) is 11.2. The van der Waals surface area contributed by atoms with Gasteiger partial charge in [-0.05, 0) is 74.5 Å². The minimum Gasteiger partial charge on any atom is -0.110 e. The molecule has 0 amide bonds. The average molecular weight is 537 g/mol. The van der Waals surface area contributed by atoms with Crippen LogP contribution in [0.25, 0.3) is 0 Å². The summed E-state index contributed by atoms with van der Waals surface area (Å²) < 4.78 is 0. The summed E-state index contributed by atoms with van der Waals surface area (Å²) in [6, 6.07) is 15.2. The summed E-state index contributed by atoms with van der Waals surface area (Å²) in [6.45, 7) is 33.1. The van der Waals surface area contributed by atoms with Gasteiger partial charge in [0, 0.05) is 5.66 Å². The molecule has 2 aromatic rings. The molecule has 0 aromatic heterocycles. The first-order valence-corrected chi connectivity index (χ1v) is 17.1. The molecule has 1 unspecified atom stereocenters. The zero-order chi connectivity index (χ0) is 29.1. The largest absolute Gasteiger partial charge is 0.110 e. The SMILES string of the molecule is CC=[PH](CCCCCC)C(c1cc(C(C)(C)C)cc(C(C)(C)C)c1)c1cc(C(C)(C)C)cc(C(C)(C)C)c1. The molecule has 214 valence electrons. The molecule has 2 aromatic carbocycles. The van der Waals surface area contributed by atoms with Crippen molar-refractivity contribution < 1.29 is 0 Å². The molecule has 0 heterocycles. The van der Waals surface area contributed by atoms with Gasteiger partial charge >= 0.3 is 0 Å². The summed E-state index contributed by atoms with van der Waals surface area (Å²) in [5.41, 5.74) is 9.89. The van der Waals surface area contributed by atoms with Crippen LogP contribution in [0.4, 0.5) is 0 Å². The van der Waals surface area contributed by atoms with E-state index in [1.165, 1.54) is 65.2 Å². The van der Waals surface area contributed by atoms with E-state index in [0.717, 1.165) is 0 Å². The first kappa shape index (κ1) is 32.9. The molecule has 0 aliphatic rings. The topological polar surface area (TPSA) is 0 Å². The van der Waals surface area contributed by atoms with Gasteiger partial charge in [0.05, 0.1) is 0 Å². The minimum absolute atomic E-state index is 0.119.